The van der Waals surface area contributed by atoms with Gasteiger partial charge in [-0.3, -0.25) is 0 Å². The number of para-hydroxylation sites is 1. The molecule has 0 spiro atoms. The number of halogens is 1. The number of aliphatic hydroxyl groups is 1. The number of fused-ring (bicyclic) bond motifs is 3. The lowest BCUT2D eigenvalue weighted by Crippen LogP contribution is -2.68. The molecule has 3 aliphatic heterocycles. The van der Waals surface area contributed by atoms with E-state index in [4.69, 9.17) is 9.47 Å². The first-order valence-corrected chi connectivity index (χ1v) is 13.6. The average Bonchev–Trinajstić information content (AvgIpc) is 2.82. The van der Waals surface area contributed by atoms with E-state index in [-0.39, 0.29) is 11.1 Å². The van der Waals surface area contributed by atoms with Crippen LogP contribution in [0.25, 0.3) is 0 Å². The van der Waals surface area contributed by atoms with Crippen LogP contribution in [0.5, 0.6) is 5.75 Å². The maximum Gasteiger partial charge on any atom is 0.171 e. The van der Waals surface area contributed by atoms with Crippen molar-refractivity contribution < 1.29 is 19.1 Å². The number of hydrogen-bond acceptors (Lipinski definition) is 3. The molecular formula is C28H37BrNO3+. The highest BCUT2D eigenvalue weighted by Crippen LogP contribution is 2.46. The van der Waals surface area contributed by atoms with Gasteiger partial charge in [0.15, 0.2) is 4.95 Å². The van der Waals surface area contributed by atoms with Gasteiger partial charge < -0.3 is 19.1 Å². The van der Waals surface area contributed by atoms with Crippen LogP contribution in [0.1, 0.15) is 44.1 Å². The predicted octanol–water partition coefficient (Wildman–Crippen LogP) is 5.49. The Bertz CT molecular complexity index is 883. The normalized spacial score (nSPS) is 31.0. The van der Waals surface area contributed by atoms with E-state index in [1.807, 2.05) is 48.5 Å². The molecule has 2 bridgehead atoms. The monoisotopic (exact) mass is 514 g/mol. The molecule has 4 fully saturated rings. The molecule has 3 atom stereocenters. The van der Waals surface area contributed by atoms with Crippen LogP contribution in [0.2, 0.25) is 0 Å². The lowest BCUT2D eigenvalue weighted by molar-refractivity contribution is -0.955. The molecule has 4 nitrogen and oxygen atoms in total. The van der Waals surface area contributed by atoms with Gasteiger partial charge in [-0.1, -0.05) is 55.0 Å². The Morgan fingerprint density at radius 2 is 1.61 bits per heavy atom. The van der Waals surface area contributed by atoms with E-state index in [0.717, 1.165) is 48.2 Å². The summed E-state index contributed by atoms with van der Waals surface area (Å²) >= 11 is 4.08. The van der Waals surface area contributed by atoms with Crippen molar-refractivity contribution in [1.82, 2.24) is 0 Å². The van der Waals surface area contributed by atoms with Crippen molar-refractivity contribution in [3.8, 4) is 5.75 Å². The second kappa shape index (κ2) is 10.1. The van der Waals surface area contributed by atoms with Crippen molar-refractivity contribution in [3.05, 3.63) is 66.2 Å². The minimum Gasteiger partial charge on any atom is -0.493 e. The smallest absolute Gasteiger partial charge is 0.171 e. The quantitative estimate of drug-likeness (QED) is 0.197. The van der Waals surface area contributed by atoms with E-state index in [9.17, 15) is 5.11 Å². The third kappa shape index (κ3) is 4.75. The van der Waals surface area contributed by atoms with Gasteiger partial charge in [0.1, 0.15) is 17.5 Å². The summed E-state index contributed by atoms with van der Waals surface area (Å²) in [6.45, 7) is 4.64. The highest BCUT2D eigenvalue weighted by molar-refractivity contribution is 9.09. The summed E-state index contributed by atoms with van der Waals surface area (Å²) in [5.74, 6) is 1.83. The van der Waals surface area contributed by atoms with Crippen molar-refractivity contribution in [2.45, 2.75) is 55.2 Å². The van der Waals surface area contributed by atoms with Crippen LogP contribution in [0.4, 0.5) is 0 Å². The van der Waals surface area contributed by atoms with E-state index < -0.39 is 5.60 Å². The molecular weight excluding hydrogens is 478 g/mol. The second-order valence-electron chi connectivity index (χ2n) is 10.3. The highest BCUT2D eigenvalue weighted by Gasteiger charge is 2.54. The van der Waals surface area contributed by atoms with Crippen molar-refractivity contribution in [1.29, 1.82) is 0 Å². The molecule has 0 amide bonds. The van der Waals surface area contributed by atoms with Gasteiger partial charge in [0.25, 0.3) is 0 Å². The van der Waals surface area contributed by atoms with Gasteiger partial charge in [-0.25, -0.2) is 0 Å². The third-order valence-electron chi connectivity index (χ3n) is 8.46. The fourth-order valence-corrected chi connectivity index (χ4v) is 7.33. The zero-order valence-electron chi connectivity index (χ0n) is 19.4. The largest absolute Gasteiger partial charge is 0.493 e. The molecule has 1 N–H and O–H groups in total. The van der Waals surface area contributed by atoms with E-state index in [2.05, 4.69) is 28.1 Å². The first-order valence-electron chi connectivity index (χ1n) is 12.7. The number of benzene rings is 2. The van der Waals surface area contributed by atoms with Gasteiger partial charge >= 0.3 is 0 Å². The molecule has 1 unspecified atom stereocenters. The molecule has 5 heteroatoms. The van der Waals surface area contributed by atoms with Crippen LogP contribution >= 0.6 is 15.9 Å². The number of nitrogens with zero attached hydrogens (tertiary/aromatic N) is 1. The van der Waals surface area contributed by atoms with Crippen molar-refractivity contribution in [2.75, 3.05) is 32.8 Å². The lowest BCUT2D eigenvalue weighted by Gasteiger charge is -2.56. The Morgan fingerprint density at radius 1 is 0.939 bits per heavy atom. The highest BCUT2D eigenvalue weighted by atomic mass is 79.9. The van der Waals surface area contributed by atoms with Crippen molar-refractivity contribution in [2.24, 2.45) is 11.8 Å². The molecule has 4 aliphatic rings. The Balaban J connectivity index is 1.21. The van der Waals surface area contributed by atoms with Crippen LogP contribution in [0.3, 0.4) is 0 Å². The fraction of sp³-hybridized carbons (Fsp3) is 0.571. The Morgan fingerprint density at radius 3 is 2.24 bits per heavy atom. The van der Waals surface area contributed by atoms with Gasteiger partial charge in [-0.15, -0.1) is 0 Å². The fourth-order valence-electron chi connectivity index (χ4n) is 6.13. The van der Waals surface area contributed by atoms with Gasteiger partial charge in [0.05, 0.1) is 32.8 Å². The summed E-state index contributed by atoms with van der Waals surface area (Å²) in [5.41, 5.74) is 0.121. The second-order valence-corrected chi connectivity index (χ2v) is 11.2. The van der Waals surface area contributed by atoms with Crippen LogP contribution in [0, 0.1) is 11.8 Å². The van der Waals surface area contributed by atoms with Crippen LogP contribution < -0.4 is 4.74 Å². The number of rotatable bonds is 10. The zero-order valence-corrected chi connectivity index (χ0v) is 21.0. The standard InChI is InChI=1S/C28H37BrNO3/c29-27-26(33-21-28(31,24-11-7-12-24)23-9-3-1-4-10-23)22-15-18-30(27,19-16-22)17-8-20-32-25-13-5-2-6-14-25/h1-6,9-10,13-14,22,24,26-27,31H,7-8,11-12,15-21H2/q+1/t22?,26-,27-,28?,30?/m0/s1. The minimum absolute atomic E-state index is 0.151. The molecule has 3 saturated heterocycles. The molecule has 6 rings (SSSR count). The molecule has 1 saturated carbocycles. The maximum atomic E-state index is 11.8. The number of hydrogen-bond donors (Lipinski definition) is 1. The molecule has 33 heavy (non-hydrogen) atoms. The van der Waals surface area contributed by atoms with E-state index in [1.165, 1.54) is 32.4 Å². The molecule has 2 aromatic carbocycles. The number of quaternary nitrogens is 1. The lowest BCUT2D eigenvalue weighted by atomic mass is 9.70. The molecule has 3 heterocycles. The predicted molar refractivity (Wildman–Crippen MR) is 134 cm³/mol. The zero-order chi connectivity index (χ0) is 22.7. The third-order valence-corrected chi connectivity index (χ3v) is 9.85. The van der Waals surface area contributed by atoms with Crippen molar-refractivity contribution in [3.63, 3.8) is 0 Å². The van der Waals surface area contributed by atoms with Crippen LogP contribution in [-0.4, -0.2) is 53.5 Å². The number of piperidine rings is 3. The number of ether oxygens (including phenoxy) is 2. The summed E-state index contributed by atoms with van der Waals surface area (Å²) in [7, 11) is 0. The summed E-state index contributed by atoms with van der Waals surface area (Å²) in [5, 5.41) is 11.8. The van der Waals surface area contributed by atoms with Gasteiger partial charge in [-0.05, 0) is 52.4 Å². The van der Waals surface area contributed by atoms with Gasteiger partial charge in [0, 0.05) is 25.2 Å². The Kier molecular flexibility index (Phi) is 7.12. The van der Waals surface area contributed by atoms with Gasteiger partial charge in [-0.2, -0.15) is 0 Å². The van der Waals surface area contributed by atoms with Crippen molar-refractivity contribution >= 4 is 15.9 Å². The van der Waals surface area contributed by atoms with Crippen LogP contribution in [-0.2, 0) is 10.3 Å². The molecule has 0 radical (unpaired) electrons. The molecule has 178 valence electrons. The van der Waals surface area contributed by atoms with E-state index in [1.54, 1.807) is 0 Å². The molecule has 0 aromatic heterocycles. The van der Waals surface area contributed by atoms with Gasteiger partial charge in [0.2, 0.25) is 0 Å². The van der Waals surface area contributed by atoms with E-state index in [0.29, 0.717) is 18.4 Å². The average molecular weight is 516 g/mol. The minimum atomic E-state index is -0.882. The summed E-state index contributed by atoms with van der Waals surface area (Å²) in [6.07, 6.45) is 6.98. The first-order chi connectivity index (χ1) is 16.1. The molecule has 2 aromatic rings. The summed E-state index contributed by atoms with van der Waals surface area (Å²) in [4.78, 5) is 0.281. The Hall–Kier alpha value is -1.40. The van der Waals surface area contributed by atoms with Crippen LogP contribution in [0.15, 0.2) is 60.7 Å². The maximum absolute atomic E-state index is 11.8. The Labute approximate surface area is 206 Å². The molecule has 1 aliphatic carbocycles. The summed E-state index contributed by atoms with van der Waals surface area (Å²) in [6, 6.07) is 20.3. The number of alkyl halides is 1. The summed E-state index contributed by atoms with van der Waals surface area (Å²) < 4.78 is 13.7. The first kappa shape index (κ1) is 23.3. The topological polar surface area (TPSA) is 38.7 Å². The SMILES string of the molecule is OC(CO[C@H]1C2CC[N+](CCCOc3ccccc3)(CC2)[C@@H]1Br)(c1ccccc1)C1CCC1. The van der Waals surface area contributed by atoms with E-state index >= 15 is 0 Å².